The summed E-state index contributed by atoms with van der Waals surface area (Å²) in [7, 11) is 1.46. The number of likely N-dealkylation sites (N-methyl/N-ethyl adjacent to an activating group) is 1. The number of carbonyl (C=O) groups excluding carboxylic acids is 2. The van der Waals surface area contributed by atoms with Gasteiger partial charge in [-0.25, -0.2) is 0 Å². The lowest BCUT2D eigenvalue weighted by atomic mass is 10.0. The SMILES string of the molecule is CNC(=O)/C(C#N)=C1\SC(Cc2ccccc2Cl)C(=O)N1c1ccc(C(C)C)cc1. The fraction of sp³-hybridized carbons (Fsp3) is 0.261. The Morgan fingerprint density at radius 3 is 2.47 bits per heavy atom. The van der Waals surface area contributed by atoms with Gasteiger partial charge in [0.2, 0.25) is 5.91 Å². The number of thioether (sulfide) groups is 1. The Balaban J connectivity index is 2.05. The van der Waals surface area contributed by atoms with Crippen LogP contribution in [0.1, 0.15) is 30.9 Å². The number of benzene rings is 2. The van der Waals surface area contributed by atoms with E-state index in [0.717, 1.165) is 11.1 Å². The minimum absolute atomic E-state index is 0.0783. The molecule has 0 aromatic heterocycles. The Bertz CT molecular complexity index is 1040. The number of hydrogen-bond donors (Lipinski definition) is 1. The summed E-state index contributed by atoms with van der Waals surface area (Å²) < 4.78 is 0. The zero-order valence-electron chi connectivity index (χ0n) is 17.0. The number of nitrogens with zero attached hydrogens (tertiary/aromatic N) is 2. The molecule has 1 fully saturated rings. The molecule has 30 heavy (non-hydrogen) atoms. The molecule has 0 saturated carbocycles. The fourth-order valence-corrected chi connectivity index (χ4v) is 4.73. The maximum Gasteiger partial charge on any atom is 0.264 e. The van der Waals surface area contributed by atoms with Crippen LogP contribution in [0.3, 0.4) is 0 Å². The topological polar surface area (TPSA) is 73.2 Å². The minimum Gasteiger partial charge on any atom is -0.354 e. The van der Waals surface area contributed by atoms with E-state index in [2.05, 4.69) is 19.2 Å². The summed E-state index contributed by atoms with van der Waals surface area (Å²) in [6, 6.07) is 17.0. The molecule has 154 valence electrons. The van der Waals surface area contributed by atoms with E-state index in [1.54, 1.807) is 6.07 Å². The predicted octanol–water partition coefficient (Wildman–Crippen LogP) is 4.64. The molecule has 2 aromatic rings. The van der Waals surface area contributed by atoms with Crippen molar-refractivity contribution in [3.05, 3.63) is 75.3 Å². The Morgan fingerprint density at radius 2 is 1.90 bits per heavy atom. The quantitative estimate of drug-likeness (QED) is 0.544. The molecule has 1 aliphatic rings. The number of nitriles is 1. The molecule has 1 saturated heterocycles. The van der Waals surface area contributed by atoms with Gasteiger partial charge in [0.05, 0.1) is 5.25 Å². The third-order valence-corrected chi connectivity index (χ3v) is 6.55. The van der Waals surface area contributed by atoms with Gasteiger partial charge in [0, 0.05) is 17.8 Å². The molecule has 1 unspecified atom stereocenters. The van der Waals surface area contributed by atoms with Crippen molar-refractivity contribution in [2.24, 2.45) is 0 Å². The Morgan fingerprint density at radius 1 is 1.23 bits per heavy atom. The highest BCUT2D eigenvalue weighted by atomic mass is 35.5. The van der Waals surface area contributed by atoms with Crippen molar-refractivity contribution < 1.29 is 9.59 Å². The summed E-state index contributed by atoms with van der Waals surface area (Å²) in [5.41, 5.74) is 2.54. The lowest BCUT2D eigenvalue weighted by Crippen LogP contribution is -2.31. The van der Waals surface area contributed by atoms with E-state index < -0.39 is 11.2 Å². The molecule has 2 amide bonds. The van der Waals surface area contributed by atoms with Crippen LogP contribution in [0.25, 0.3) is 0 Å². The first-order chi connectivity index (χ1) is 14.4. The van der Waals surface area contributed by atoms with Gasteiger partial charge in [-0.05, 0) is 41.7 Å². The average molecular weight is 440 g/mol. The molecule has 0 bridgehead atoms. The summed E-state index contributed by atoms with van der Waals surface area (Å²) in [4.78, 5) is 27.2. The molecule has 1 aliphatic heterocycles. The highest BCUT2D eigenvalue weighted by Crippen LogP contribution is 2.42. The van der Waals surface area contributed by atoms with Crippen LogP contribution in [-0.2, 0) is 16.0 Å². The summed E-state index contributed by atoms with van der Waals surface area (Å²) in [5, 5.41) is 12.6. The largest absolute Gasteiger partial charge is 0.354 e. The molecule has 0 aliphatic carbocycles. The van der Waals surface area contributed by atoms with E-state index >= 15 is 0 Å². The van der Waals surface area contributed by atoms with Gasteiger partial charge in [-0.2, -0.15) is 5.26 Å². The lowest BCUT2D eigenvalue weighted by Gasteiger charge is -2.19. The van der Waals surface area contributed by atoms with Crippen molar-refractivity contribution >= 4 is 40.9 Å². The lowest BCUT2D eigenvalue weighted by molar-refractivity contribution is -0.117. The smallest absolute Gasteiger partial charge is 0.264 e. The van der Waals surface area contributed by atoms with Crippen molar-refractivity contribution in [3.8, 4) is 6.07 Å². The predicted molar refractivity (Wildman–Crippen MR) is 121 cm³/mol. The minimum atomic E-state index is -0.519. The van der Waals surface area contributed by atoms with Gasteiger partial charge in [0.25, 0.3) is 5.91 Å². The molecule has 7 heteroatoms. The van der Waals surface area contributed by atoms with Crippen LogP contribution in [0.2, 0.25) is 5.02 Å². The van der Waals surface area contributed by atoms with E-state index in [4.69, 9.17) is 11.6 Å². The van der Waals surface area contributed by atoms with Crippen molar-refractivity contribution in [1.82, 2.24) is 5.32 Å². The molecule has 1 atom stereocenters. The Kier molecular flexibility index (Phi) is 6.86. The molecular weight excluding hydrogens is 418 g/mol. The number of hydrogen-bond acceptors (Lipinski definition) is 4. The van der Waals surface area contributed by atoms with Crippen molar-refractivity contribution in [3.63, 3.8) is 0 Å². The number of anilines is 1. The summed E-state index contributed by atoms with van der Waals surface area (Å²) in [6.45, 7) is 4.19. The van der Waals surface area contributed by atoms with Gasteiger partial charge in [-0.3, -0.25) is 14.5 Å². The molecule has 1 N–H and O–H groups in total. The first kappa shape index (κ1) is 21.9. The molecule has 5 nitrogen and oxygen atoms in total. The van der Waals surface area contributed by atoms with Crippen LogP contribution >= 0.6 is 23.4 Å². The first-order valence-electron chi connectivity index (χ1n) is 9.57. The van der Waals surface area contributed by atoms with Crippen molar-refractivity contribution in [1.29, 1.82) is 5.26 Å². The molecule has 2 aromatic carbocycles. The number of amides is 2. The van der Waals surface area contributed by atoms with E-state index in [1.165, 1.54) is 23.7 Å². The summed E-state index contributed by atoms with van der Waals surface area (Å²) in [6.07, 6.45) is 0.402. The number of nitrogens with one attached hydrogen (secondary N) is 1. The van der Waals surface area contributed by atoms with E-state index in [9.17, 15) is 14.9 Å². The van der Waals surface area contributed by atoms with Gasteiger partial charge in [0.15, 0.2) is 0 Å². The molecular formula is C23H22ClN3O2S. The monoisotopic (exact) mass is 439 g/mol. The van der Waals surface area contributed by atoms with Crippen LogP contribution in [0.4, 0.5) is 5.69 Å². The maximum atomic E-state index is 13.4. The van der Waals surface area contributed by atoms with Gasteiger partial charge in [0.1, 0.15) is 16.7 Å². The maximum absolute atomic E-state index is 13.4. The molecule has 0 radical (unpaired) electrons. The normalized spacial score (nSPS) is 17.8. The highest BCUT2D eigenvalue weighted by Gasteiger charge is 2.40. The second kappa shape index (κ2) is 9.38. The van der Waals surface area contributed by atoms with Crippen molar-refractivity contribution in [2.75, 3.05) is 11.9 Å². The Labute approximate surface area is 185 Å². The van der Waals surface area contributed by atoms with Crippen LogP contribution in [0, 0.1) is 11.3 Å². The molecule has 3 rings (SSSR count). The van der Waals surface area contributed by atoms with Crippen molar-refractivity contribution in [2.45, 2.75) is 31.4 Å². The van der Waals surface area contributed by atoms with Gasteiger partial charge in [-0.15, -0.1) is 0 Å². The van der Waals surface area contributed by atoms with E-state index in [-0.39, 0.29) is 11.5 Å². The summed E-state index contributed by atoms with van der Waals surface area (Å²) >= 11 is 7.51. The summed E-state index contributed by atoms with van der Waals surface area (Å²) in [5.74, 6) is -0.343. The number of carbonyl (C=O) groups is 2. The third kappa shape index (κ3) is 4.38. The average Bonchev–Trinajstić information content (AvgIpc) is 3.05. The zero-order valence-corrected chi connectivity index (χ0v) is 18.6. The van der Waals surface area contributed by atoms with Crippen LogP contribution in [0.5, 0.6) is 0 Å². The van der Waals surface area contributed by atoms with E-state index in [0.29, 0.717) is 28.1 Å². The van der Waals surface area contributed by atoms with Gasteiger partial charge < -0.3 is 5.32 Å². The first-order valence-corrected chi connectivity index (χ1v) is 10.8. The Hall–Kier alpha value is -2.75. The fourth-order valence-electron chi connectivity index (χ4n) is 3.22. The highest BCUT2D eigenvalue weighted by molar-refractivity contribution is 8.05. The van der Waals surface area contributed by atoms with Crippen LogP contribution in [0.15, 0.2) is 59.1 Å². The van der Waals surface area contributed by atoms with Crippen LogP contribution < -0.4 is 10.2 Å². The van der Waals surface area contributed by atoms with E-state index in [1.807, 2.05) is 48.5 Å². The number of halogens is 1. The van der Waals surface area contributed by atoms with Crippen LogP contribution in [-0.4, -0.2) is 24.1 Å². The van der Waals surface area contributed by atoms with Gasteiger partial charge in [-0.1, -0.05) is 67.5 Å². The molecule has 0 spiro atoms. The standard InChI is InChI=1S/C23H22ClN3O2S/c1-14(2)15-8-10-17(11-9-15)27-22(29)20(12-16-6-4-5-7-19(16)24)30-23(27)18(13-25)21(28)26-3/h4-11,14,20H,12H2,1-3H3,(H,26,28)/b23-18-. The second-order valence-electron chi connectivity index (χ2n) is 7.19. The number of rotatable bonds is 5. The second-order valence-corrected chi connectivity index (χ2v) is 8.79. The third-order valence-electron chi connectivity index (χ3n) is 4.91. The van der Waals surface area contributed by atoms with Gasteiger partial charge >= 0.3 is 0 Å². The zero-order chi connectivity index (χ0) is 21.8. The molecule has 1 heterocycles.